The summed E-state index contributed by atoms with van der Waals surface area (Å²) in [4.78, 5) is 7.54. The summed E-state index contributed by atoms with van der Waals surface area (Å²) >= 11 is 5.78. The van der Waals surface area contributed by atoms with Gasteiger partial charge in [-0.3, -0.25) is 0 Å². The minimum atomic E-state index is -0.431. The van der Waals surface area contributed by atoms with Gasteiger partial charge in [-0.1, -0.05) is 11.6 Å². The third kappa shape index (κ3) is 2.38. The van der Waals surface area contributed by atoms with Crippen molar-refractivity contribution in [3.63, 3.8) is 0 Å². The summed E-state index contributed by atoms with van der Waals surface area (Å²) in [5.74, 6) is 0.220. The maximum absolute atomic E-state index is 12.8. The number of benzene rings is 1. The first kappa shape index (κ1) is 10.6. The van der Waals surface area contributed by atoms with Crippen LogP contribution in [-0.2, 0) is 0 Å². The van der Waals surface area contributed by atoms with Crippen LogP contribution in [0.5, 0.6) is 11.6 Å². The molecule has 4 nitrogen and oxygen atoms in total. The number of nitrogens with two attached hydrogens (primary N) is 1. The van der Waals surface area contributed by atoms with E-state index in [1.165, 1.54) is 24.4 Å². The van der Waals surface area contributed by atoms with Gasteiger partial charge in [0.15, 0.2) is 0 Å². The van der Waals surface area contributed by atoms with Crippen LogP contribution in [0.4, 0.5) is 10.3 Å². The van der Waals surface area contributed by atoms with Crippen molar-refractivity contribution in [1.82, 2.24) is 9.97 Å². The maximum Gasteiger partial charge on any atom is 0.224 e. The molecule has 0 aliphatic carbocycles. The molecule has 0 spiro atoms. The summed E-state index contributed by atoms with van der Waals surface area (Å²) in [7, 11) is 0. The number of nitrogens with zero attached hydrogens (tertiary/aromatic N) is 2. The van der Waals surface area contributed by atoms with Crippen LogP contribution in [0.2, 0.25) is 5.02 Å². The molecular formula is C10H7ClFN3O. The molecule has 1 aromatic heterocycles. The average Bonchev–Trinajstić information content (AvgIpc) is 2.22. The van der Waals surface area contributed by atoms with Crippen LogP contribution in [0.3, 0.4) is 0 Å². The Balaban J connectivity index is 2.27. The molecule has 0 radical (unpaired) electrons. The number of anilines is 1. The Morgan fingerprint density at radius 1 is 1.31 bits per heavy atom. The van der Waals surface area contributed by atoms with E-state index in [1.54, 1.807) is 0 Å². The van der Waals surface area contributed by atoms with Crippen LogP contribution in [0.25, 0.3) is 0 Å². The standard InChI is InChI=1S/C10H7ClFN3O/c11-7-5-6(12)1-2-8(7)16-9-3-4-14-10(13)15-9/h1-5H,(H2,13,14,15). The third-order valence-electron chi connectivity index (χ3n) is 1.76. The molecule has 0 unspecified atom stereocenters. The first-order chi connectivity index (χ1) is 7.65. The van der Waals surface area contributed by atoms with E-state index < -0.39 is 5.82 Å². The first-order valence-corrected chi connectivity index (χ1v) is 4.74. The van der Waals surface area contributed by atoms with Gasteiger partial charge in [-0.25, -0.2) is 9.37 Å². The minimum absolute atomic E-state index is 0.0933. The van der Waals surface area contributed by atoms with E-state index in [2.05, 4.69) is 9.97 Å². The fraction of sp³-hybridized carbons (Fsp3) is 0. The lowest BCUT2D eigenvalue weighted by Gasteiger charge is -2.06. The van der Waals surface area contributed by atoms with E-state index in [0.717, 1.165) is 6.07 Å². The number of halogens is 2. The summed E-state index contributed by atoms with van der Waals surface area (Å²) in [5.41, 5.74) is 5.38. The zero-order chi connectivity index (χ0) is 11.5. The second-order valence-corrected chi connectivity index (χ2v) is 3.34. The summed E-state index contributed by atoms with van der Waals surface area (Å²) < 4.78 is 18.1. The number of ether oxygens (including phenoxy) is 1. The van der Waals surface area contributed by atoms with Crippen LogP contribution < -0.4 is 10.5 Å². The minimum Gasteiger partial charge on any atom is -0.437 e. The van der Waals surface area contributed by atoms with Crippen molar-refractivity contribution in [1.29, 1.82) is 0 Å². The zero-order valence-electron chi connectivity index (χ0n) is 8.02. The molecule has 0 amide bonds. The van der Waals surface area contributed by atoms with Gasteiger partial charge in [-0.05, 0) is 18.2 Å². The Bertz CT molecular complexity index is 521. The lowest BCUT2D eigenvalue weighted by molar-refractivity contribution is 0.461. The van der Waals surface area contributed by atoms with Gasteiger partial charge in [-0.15, -0.1) is 0 Å². The van der Waals surface area contributed by atoms with Crippen molar-refractivity contribution >= 4 is 17.5 Å². The Labute approximate surface area is 95.9 Å². The van der Waals surface area contributed by atoms with Crippen molar-refractivity contribution in [3.05, 3.63) is 41.3 Å². The zero-order valence-corrected chi connectivity index (χ0v) is 8.78. The monoisotopic (exact) mass is 239 g/mol. The molecule has 0 aliphatic heterocycles. The molecule has 1 aromatic carbocycles. The Morgan fingerprint density at radius 3 is 2.81 bits per heavy atom. The van der Waals surface area contributed by atoms with Gasteiger partial charge in [0.2, 0.25) is 11.8 Å². The highest BCUT2D eigenvalue weighted by atomic mass is 35.5. The van der Waals surface area contributed by atoms with Gasteiger partial charge in [0.1, 0.15) is 11.6 Å². The van der Waals surface area contributed by atoms with E-state index in [4.69, 9.17) is 22.1 Å². The van der Waals surface area contributed by atoms with Crippen molar-refractivity contribution in [2.75, 3.05) is 5.73 Å². The normalized spacial score (nSPS) is 10.1. The lowest BCUT2D eigenvalue weighted by atomic mass is 10.3. The lowest BCUT2D eigenvalue weighted by Crippen LogP contribution is -1.96. The Hall–Kier alpha value is -1.88. The van der Waals surface area contributed by atoms with Crippen molar-refractivity contribution in [3.8, 4) is 11.6 Å². The second-order valence-electron chi connectivity index (χ2n) is 2.93. The predicted molar refractivity (Wildman–Crippen MR) is 57.9 cm³/mol. The molecule has 0 atom stereocenters. The summed E-state index contributed by atoms with van der Waals surface area (Å²) in [6.45, 7) is 0. The van der Waals surface area contributed by atoms with E-state index in [1.807, 2.05) is 0 Å². The highest BCUT2D eigenvalue weighted by Crippen LogP contribution is 2.28. The van der Waals surface area contributed by atoms with E-state index in [9.17, 15) is 4.39 Å². The SMILES string of the molecule is Nc1nccc(Oc2ccc(F)cc2Cl)n1. The Kier molecular flexibility index (Phi) is 2.87. The molecule has 2 aromatic rings. The number of hydrogen-bond acceptors (Lipinski definition) is 4. The van der Waals surface area contributed by atoms with Gasteiger partial charge in [0, 0.05) is 12.3 Å². The molecule has 2 rings (SSSR count). The van der Waals surface area contributed by atoms with Crippen molar-refractivity contribution in [2.24, 2.45) is 0 Å². The molecule has 2 N–H and O–H groups in total. The highest BCUT2D eigenvalue weighted by molar-refractivity contribution is 6.32. The van der Waals surface area contributed by atoms with Crippen molar-refractivity contribution < 1.29 is 9.13 Å². The van der Waals surface area contributed by atoms with E-state index in [-0.39, 0.29) is 16.9 Å². The molecule has 0 fully saturated rings. The van der Waals surface area contributed by atoms with Crippen LogP contribution in [0.1, 0.15) is 0 Å². The van der Waals surface area contributed by atoms with Gasteiger partial charge >= 0.3 is 0 Å². The van der Waals surface area contributed by atoms with Gasteiger partial charge < -0.3 is 10.5 Å². The molecule has 82 valence electrons. The maximum atomic E-state index is 12.8. The van der Waals surface area contributed by atoms with Crippen LogP contribution >= 0.6 is 11.6 Å². The molecule has 16 heavy (non-hydrogen) atoms. The Morgan fingerprint density at radius 2 is 2.12 bits per heavy atom. The molecule has 0 aliphatic rings. The molecule has 0 saturated carbocycles. The number of hydrogen-bond donors (Lipinski definition) is 1. The topological polar surface area (TPSA) is 61.0 Å². The molecule has 0 bridgehead atoms. The summed E-state index contributed by atoms with van der Waals surface area (Å²) in [6, 6.07) is 5.33. The van der Waals surface area contributed by atoms with Gasteiger partial charge in [0.05, 0.1) is 5.02 Å². The number of nitrogen functional groups attached to an aromatic ring is 1. The third-order valence-corrected chi connectivity index (χ3v) is 2.05. The van der Waals surface area contributed by atoms with Crippen LogP contribution in [-0.4, -0.2) is 9.97 Å². The summed E-state index contributed by atoms with van der Waals surface area (Å²) in [6.07, 6.45) is 1.45. The fourth-order valence-corrected chi connectivity index (χ4v) is 1.29. The van der Waals surface area contributed by atoms with Gasteiger partial charge in [0.25, 0.3) is 0 Å². The quantitative estimate of drug-likeness (QED) is 0.875. The highest BCUT2D eigenvalue weighted by Gasteiger charge is 2.05. The van der Waals surface area contributed by atoms with E-state index in [0.29, 0.717) is 5.75 Å². The van der Waals surface area contributed by atoms with Crippen LogP contribution in [0, 0.1) is 5.82 Å². The fourth-order valence-electron chi connectivity index (χ4n) is 1.08. The molecule has 0 saturated heterocycles. The predicted octanol–water partition coefficient (Wildman–Crippen LogP) is 2.64. The molecular weight excluding hydrogens is 233 g/mol. The van der Waals surface area contributed by atoms with Gasteiger partial charge in [-0.2, -0.15) is 4.98 Å². The van der Waals surface area contributed by atoms with Crippen LogP contribution in [0.15, 0.2) is 30.5 Å². The smallest absolute Gasteiger partial charge is 0.224 e. The van der Waals surface area contributed by atoms with E-state index >= 15 is 0 Å². The molecule has 1 heterocycles. The average molecular weight is 240 g/mol. The largest absolute Gasteiger partial charge is 0.437 e. The second kappa shape index (κ2) is 4.32. The number of aromatic nitrogens is 2. The van der Waals surface area contributed by atoms with Crippen molar-refractivity contribution in [2.45, 2.75) is 0 Å². The number of rotatable bonds is 2. The molecule has 6 heteroatoms. The first-order valence-electron chi connectivity index (χ1n) is 4.36. The summed E-state index contributed by atoms with van der Waals surface area (Å²) in [5, 5.41) is 0.164.